The molecule has 0 spiro atoms. The second kappa shape index (κ2) is 6.57. The van der Waals surface area contributed by atoms with E-state index in [4.69, 9.17) is 26.6 Å². The summed E-state index contributed by atoms with van der Waals surface area (Å²) in [6, 6.07) is 12.7. The molecule has 2 N–H and O–H groups in total. The first-order valence-electron chi connectivity index (χ1n) is 6.00. The maximum atomic E-state index is 9.03. The highest BCUT2D eigenvalue weighted by molar-refractivity contribution is 6.31. The smallest absolute Gasteiger partial charge is 0.128 e. The molecule has 4 heteroatoms. The normalized spacial score (nSPS) is 10.5. The first-order valence-corrected chi connectivity index (χ1v) is 6.37. The Morgan fingerprint density at radius 1 is 0.947 bits per heavy atom. The molecule has 0 saturated heterocycles. The van der Waals surface area contributed by atoms with Gasteiger partial charge in [0, 0.05) is 11.6 Å². The molecule has 100 valence electrons. The third-order valence-corrected chi connectivity index (χ3v) is 3.11. The van der Waals surface area contributed by atoms with E-state index in [0.29, 0.717) is 28.5 Å². The van der Waals surface area contributed by atoms with Crippen LogP contribution in [0.5, 0.6) is 11.5 Å². The number of aliphatic hydroxyl groups is 2. The fourth-order valence-corrected chi connectivity index (χ4v) is 1.94. The third kappa shape index (κ3) is 3.70. The van der Waals surface area contributed by atoms with Crippen molar-refractivity contribution in [3.05, 3.63) is 58.6 Å². The van der Waals surface area contributed by atoms with E-state index in [1.807, 2.05) is 24.3 Å². The van der Waals surface area contributed by atoms with Crippen LogP contribution in [0.15, 0.2) is 42.5 Å². The van der Waals surface area contributed by atoms with E-state index in [2.05, 4.69) is 0 Å². The van der Waals surface area contributed by atoms with Gasteiger partial charge < -0.3 is 14.9 Å². The van der Waals surface area contributed by atoms with Crippen LogP contribution >= 0.6 is 11.6 Å². The molecule has 0 amide bonds. The van der Waals surface area contributed by atoms with E-state index < -0.39 is 0 Å². The van der Waals surface area contributed by atoms with Crippen LogP contribution in [0.2, 0.25) is 5.02 Å². The minimum atomic E-state index is -0.0883. The summed E-state index contributed by atoms with van der Waals surface area (Å²) in [7, 11) is 0. The molecule has 0 aromatic heterocycles. The van der Waals surface area contributed by atoms with Gasteiger partial charge in [-0.15, -0.1) is 0 Å². The lowest BCUT2D eigenvalue weighted by atomic mass is 10.1. The van der Waals surface area contributed by atoms with E-state index in [0.717, 1.165) is 5.56 Å². The van der Waals surface area contributed by atoms with Crippen molar-refractivity contribution in [3.8, 4) is 11.5 Å². The third-order valence-electron chi connectivity index (χ3n) is 2.75. The van der Waals surface area contributed by atoms with Crippen molar-refractivity contribution in [2.24, 2.45) is 0 Å². The Morgan fingerprint density at radius 3 is 2.21 bits per heavy atom. The van der Waals surface area contributed by atoms with Crippen LogP contribution in [0, 0.1) is 0 Å². The SMILES string of the molecule is OCCc1ccc(Oc2ccc(CO)c(Cl)c2)cc1. The van der Waals surface area contributed by atoms with Crippen LogP contribution in [0.4, 0.5) is 0 Å². The standard InChI is InChI=1S/C15H15ClO3/c16-15-9-14(6-3-12(15)10-18)19-13-4-1-11(2-5-13)7-8-17/h1-6,9,17-18H,7-8,10H2. The molecule has 0 fully saturated rings. The molecule has 19 heavy (non-hydrogen) atoms. The fourth-order valence-electron chi connectivity index (χ4n) is 1.71. The molecule has 0 radical (unpaired) electrons. The summed E-state index contributed by atoms with van der Waals surface area (Å²) in [6.45, 7) is 0.0490. The Bertz CT molecular complexity index is 538. The van der Waals surface area contributed by atoms with E-state index in [1.54, 1.807) is 18.2 Å². The average Bonchev–Trinajstić information content (AvgIpc) is 2.42. The lowest BCUT2D eigenvalue weighted by molar-refractivity contribution is 0.282. The van der Waals surface area contributed by atoms with Crippen LogP contribution in [-0.2, 0) is 13.0 Å². The summed E-state index contributed by atoms with van der Waals surface area (Å²) in [4.78, 5) is 0. The second-order valence-corrected chi connectivity index (χ2v) is 4.54. The fraction of sp³-hybridized carbons (Fsp3) is 0.200. The Balaban J connectivity index is 2.10. The quantitative estimate of drug-likeness (QED) is 0.883. The van der Waals surface area contributed by atoms with Gasteiger partial charge in [-0.2, -0.15) is 0 Å². The first kappa shape index (κ1) is 13.9. The van der Waals surface area contributed by atoms with Crippen molar-refractivity contribution >= 4 is 11.6 Å². The van der Waals surface area contributed by atoms with Gasteiger partial charge in [0.2, 0.25) is 0 Å². The van der Waals surface area contributed by atoms with Gasteiger partial charge in [0.05, 0.1) is 6.61 Å². The summed E-state index contributed by atoms with van der Waals surface area (Å²) in [6.07, 6.45) is 0.636. The molecule has 0 aliphatic heterocycles. The molecule has 0 bridgehead atoms. The lowest BCUT2D eigenvalue weighted by Gasteiger charge is -2.08. The van der Waals surface area contributed by atoms with Crippen LogP contribution in [-0.4, -0.2) is 16.8 Å². The maximum Gasteiger partial charge on any atom is 0.128 e. The van der Waals surface area contributed by atoms with Gasteiger partial charge in [-0.1, -0.05) is 29.8 Å². The minimum Gasteiger partial charge on any atom is -0.457 e. The van der Waals surface area contributed by atoms with Gasteiger partial charge in [-0.3, -0.25) is 0 Å². The largest absolute Gasteiger partial charge is 0.457 e. The van der Waals surface area contributed by atoms with Crippen molar-refractivity contribution in [2.75, 3.05) is 6.61 Å². The summed E-state index contributed by atoms with van der Waals surface area (Å²) >= 11 is 5.99. The number of hydrogen-bond donors (Lipinski definition) is 2. The summed E-state index contributed by atoms with van der Waals surface area (Å²) in [5.41, 5.74) is 1.73. The van der Waals surface area contributed by atoms with E-state index in [-0.39, 0.29) is 13.2 Å². The van der Waals surface area contributed by atoms with Gasteiger partial charge >= 0.3 is 0 Å². The Labute approximate surface area is 117 Å². The molecule has 0 saturated carbocycles. The predicted octanol–water partition coefficient (Wildman–Crippen LogP) is 3.16. The van der Waals surface area contributed by atoms with Gasteiger partial charge in [-0.05, 0) is 41.8 Å². The number of aliphatic hydroxyl groups excluding tert-OH is 2. The number of halogens is 1. The minimum absolute atomic E-state index is 0.0883. The second-order valence-electron chi connectivity index (χ2n) is 4.13. The summed E-state index contributed by atoms with van der Waals surface area (Å²) in [5.74, 6) is 1.33. The van der Waals surface area contributed by atoms with Crippen LogP contribution < -0.4 is 4.74 Å². The summed E-state index contributed by atoms with van der Waals surface area (Å²) in [5, 5.41) is 18.4. The number of ether oxygens (including phenoxy) is 1. The molecule has 2 aromatic carbocycles. The highest BCUT2D eigenvalue weighted by Gasteiger charge is 2.03. The topological polar surface area (TPSA) is 49.7 Å². The number of hydrogen-bond acceptors (Lipinski definition) is 3. The van der Waals surface area contributed by atoms with Crippen LogP contribution in [0.3, 0.4) is 0 Å². The zero-order valence-electron chi connectivity index (χ0n) is 10.3. The van der Waals surface area contributed by atoms with Crippen molar-refractivity contribution in [1.82, 2.24) is 0 Å². The molecular formula is C15H15ClO3. The van der Waals surface area contributed by atoms with E-state index >= 15 is 0 Å². The average molecular weight is 279 g/mol. The monoisotopic (exact) mass is 278 g/mol. The predicted molar refractivity (Wildman–Crippen MR) is 74.7 cm³/mol. The molecular weight excluding hydrogens is 264 g/mol. The molecule has 0 heterocycles. The van der Waals surface area contributed by atoms with Gasteiger partial charge in [-0.25, -0.2) is 0 Å². The highest BCUT2D eigenvalue weighted by Crippen LogP contribution is 2.27. The van der Waals surface area contributed by atoms with Gasteiger partial charge in [0.15, 0.2) is 0 Å². The lowest BCUT2D eigenvalue weighted by Crippen LogP contribution is -1.91. The van der Waals surface area contributed by atoms with E-state index in [9.17, 15) is 0 Å². The molecule has 0 atom stereocenters. The maximum absolute atomic E-state index is 9.03. The molecule has 2 aromatic rings. The van der Waals surface area contributed by atoms with Crippen LogP contribution in [0.1, 0.15) is 11.1 Å². The molecule has 3 nitrogen and oxygen atoms in total. The van der Waals surface area contributed by atoms with Gasteiger partial charge in [0.1, 0.15) is 11.5 Å². The van der Waals surface area contributed by atoms with Crippen molar-refractivity contribution < 1.29 is 14.9 Å². The Hall–Kier alpha value is -1.55. The van der Waals surface area contributed by atoms with Crippen molar-refractivity contribution in [2.45, 2.75) is 13.0 Å². The zero-order valence-corrected chi connectivity index (χ0v) is 11.1. The molecule has 0 unspecified atom stereocenters. The Morgan fingerprint density at radius 2 is 1.63 bits per heavy atom. The molecule has 0 aliphatic carbocycles. The zero-order chi connectivity index (χ0) is 13.7. The summed E-state index contributed by atoms with van der Waals surface area (Å²) < 4.78 is 5.66. The first-order chi connectivity index (χ1) is 9.22. The van der Waals surface area contributed by atoms with Crippen molar-refractivity contribution in [1.29, 1.82) is 0 Å². The molecule has 2 rings (SSSR count). The number of benzene rings is 2. The highest BCUT2D eigenvalue weighted by atomic mass is 35.5. The van der Waals surface area contributed by atoms with E-state index in [1.165, 1.54) is 0 Å². The molecule has 0 aliphatic rings. The van der Waals surface area contributed by atoms with Crippen molar-refractivity contribution in [3.63, 3.8) is 0 Å². The van der Waals surface area contributed by atoms with Crippen LogP contribution in [0.25, 0.3) is 0 Å². The number of rotatable bonds is 5. The van der Waals surface area contributed by atoms with Gasteiger partial charge in [0.25, 0.3) is 0 Å². The Kier molecular flexibility index (Phi) is 4.80.